The first-order chi connectivity index (χ1) is 10.5. The standard InChI is InChI=1S/C15H11FN4O2/c1-2-10-5-9(3-4-11(10)16)7-18-15(22)13-6-12(14(17)21)19-8-20-13/h1,3-6,8H,7H2,(H2,17,21)(H,18,22). The molecule has 1 aromatic heterocycles. The molecule has 1 aromatic carbocycles. The third-order valence-corrected chi connectivity index (χ3v) is 2.79. The number of terminal acetylenes is 1. The van der Waals surface area contributed by atoms with E-state index in [1.165, 1.54) is 24.3 Å². The quantitative estimate of drug-likeness (QED) is 0.809. The van der Waals surface area contributed by atoms with Crippen LogP contribution < -0.4 is 11.1 Å². The number of hydrogen-bond donors (Lipinski definition) is 2. The van der Waals surface area contributed by atoms with Crippen LogP contribution in [-0.2, 0) is 6.54 Å². The van der Waals surface area contributed by atoms with E-state index in [2.05, 4.69) is 21.2 Å². The normalized spacial score (nSPS) is 9.82. The number of carbonyl (C=O) groups excluding carboxylic acids is 2. The number of nitrogens with one attached hydrogen (secondary N) is 1. The van der Waals surface area contributed by atoms with Gasteiger partial charge >= 0.3 is 0 Å². The summed E-state index contributed by atoms with van der Waals surface area (Å²) in [6.07, 6.45) is 6.25. The van der Waals surface area contributed by atoms with Crippen LogP contribution in [0, 0.1) is 18.2 Å². The number of hydrogen-bond acceptors (Lipinski definition) is 4. The summed E-state index contributed by atoms with van der Waals surface area (Å²) in [7, 11) is 0. The second-order valence-corrected chi connectivity index (χ2v) is 4.29. The largest absolute Gasteiger partial charge is 0.364 e. The second kappa shape index (κ2) is 6.45. The minimum atomic E-state index is -0.756. The van der Waals surface area contributed by atoms with Crippen molar-refractivity contribution < 1.29 is 14.0 Å². The number of carbonyl (C=O) groups is 2. The van der Waals surface area contributed by atoms with Gasteiger partial charge in [0.05, 0.1) is 5.56 Å². The van der Waals surface area contributed by atoms with E-state index in [0.717, 1.165) is 6.33 Å². The summed E-state index contributed by atoms with van der Waals surface area (Å²) in [6, 6.07) is 5.39. The lowest BCUT2D eigenvalue weighted by atomic mass is 10.1. The molecule has 0 spiro atoms. The first-order valence-corrected chi connectivity index (χ1v) is 6.16. The lowest BCUT2D eigenvalue weighted by molar-refractivity contribution is 0.0945. The molecule has 1 heterocycles. The van der Waals surface area contributed by atoms with Gasteiger partial charge in [0.15, 0.2) is 0 Å². The van der Waals surface area contributed by atoms with Gasteiger partial charge in [0.1, 0.15) is 23.5 Å². The van der Waals surface area contributed by atoms with Crippen LogP contribution in [0.3, 0.4) is 0 Å². The van der Waals surface area contributed by atoms with Crippen molar-refractivity contribution in [1.82, 2.24) is 15.3 Å². The number of nitrogens with two attached hydrogens (primary N) is 1. The van der Waals surface area contributed by atoms with Crippen LogP contribution in [0.4, 0.5) is 4.39 Å². The van der Waals surface area contributed by atoms with E-state index in [1.807, 2.05) is 0 Å². The fourth-order valence-electron chi connectivity index (χ4n) is 1.68. The van der Waals surface area contributed by atoms with Gasteiger partial charge in [-0.1, -0.05) is 12.0 Å². The van der Waals surface area contributed by atoms with Gasteiger partial charge in [-0.25, -0.2) is 14.4 Å². The molecule has 2 aromatic rings. The summed E-state index contributed by atoms with van der Waals surface area (Å²) in [6.45, 7) is 0.129. The van der Waals surface area contributed by atoms with Crippen LogP contribution >= 0.6 is 0 Å². The highest BCUT2D eigenvalue weighted by Gasteiger charge is 2.11. The molecule has 110 valence electrons. The minimum Gasteiger partial charge on any atom is -0.364 e. The molecule has 0 aliphatic heterocycles. The molecule has 0 saturated heterocycles. The van der Waals surface area contributed by atoms with Gasteiger partial charge in [-0.15, -0.1) is 6.42 Å². The molecule has 0 aliphatic carbocycles. The first kappa shape index (κ1) is 15.1. The van der Waals surface area contributed by atoms with Crippen molar-refractivity contribution in [2.45, 2.75) is 6.54 Å². The lowest BCUT2D eigenvalue weighted by Crippen LogP contribution is -2.25. The molecule has 6 nitrogen and oxygen atoms in total. The molecule has 0 fully saturated rings. The van der Waals surface area contributed by atoms with Crippen molar-refractivity contribution in [1.29, 1.82) is 0 Å². The molecule has 0 unspecified atom stereocenters. The van der Waals surface area contributed by atoms with E-state index < -0.39 is 17.6 Å². The maximum Gasteiger partial charge on any atom is 0.270 e. The second-order valence-electron chi connectivity index (χ2n) is 4.29. The average Bonchev–Trinajstić information content (AvgIpc) is 2.53. The Labute approximate surface area is 125 Å². The van der Waals surface area contributed by atoms with E-state index in [9.17, 15) is 14.0 Å². The predicted molar refractivity (Wildman–Crippen MR) is 76.1 cm³/mol. The molecule has 0 bridgehead atoms. The fourth-order valence-corrected chi connectivity index (χ4v) is 1.68. The van der Waals surface area contributed by atoms with Gasteiger partial charge in [0.2, 0.25) is 0 Å². The number of amides is 2. The zero-order valence-electron chi connectivity index (χ0n) is 11.3. The highest BCUT2D eigenvalue weighted by atomic mass is 19.1. The zero-order chi connectivity index (χ0) is 16.1. The molecule has 2 amide bonds. The average molecular weight is 298 g/mol. The maximum absolute atomic E-state index is 13.3. The van der Waals surface area contributed by atoms with Crippen molar-refractivity contribution in [2.24, 2.45) is 5.73 Å². The fraction of sp³-hybridized carbons (Fsp3) is 0.0667. The Morgan fingerprint density at radius 2 is 2.00 bits per heavy atom. The van der Waals surface area contributed by atoms with Crippen molar-refractivity contribution >= 4 is 11.8 Å². The zero-order valence-corrected chi connectivity index (χ0v) is 11.3. The number of primary amides is 1. The summed E-state index contributed by atoms with van der Waals surface area (Å²) < 4.78 is 13.3. The van der Waals surface area contributed by atoms with Crippen LogP contribution in [0.2, 0.25) is 0 Å². The van der Waals surface area contributed by atoms with Gasteiger partial charge in [-0.3, -0.25) is 9.59 Å². The Morgan fingerprint density at radius 1 is 1.27 bits per heavy atom. The molecule has 7 heteroatoms. The van der Waals surface area contributed by atoms with E-state index in [1.54, 1.807) is 0 Å². The molecule has 0 radical (unpaired) electrons. The number of rotatable bonds is 4. The van der Waals surface area contributed by atoms with Crippen LogP contribution in [-0.4, -0.2) is 21.8 Å². The Hall–Kier alpha value is -3.27. The summed E-state index contributed by atoms with van der Waals surface area (Å²) >= 11 is 0. The first-order valence-electron chi connectivity index (χ1n) is 6.16. The SMILES string of the molecule is C#Cc1cc(CNC(=O)c2cc(C(N)=O)ncn2)ccc1F. The van der Waals surface area contributed by atoms with E-state index >= 15 is 0 Å². The van der Waals surface area contributed by atoms with E-state index in [-0.39, 0.29) is 23.5 Å². The lowest BCUT2D eigenvalue weighted by Gasteiger charge is -2.06. The number of nitrogens with zero attached hydrogens (tertiary/aromatic N) is 2. The molecule has 0 atom stereocenters. The summed E-state index contributed by atoms with van der Waals surface area (Å²) in [5.74, 6) is 0.442. The van der Waals surface area contributed by atoms with Crippen LogP contribution in [0.15, 0.2) is 30.6 Å². The van der Waals surface area contributed by atoms with Gasteiger partial charge in [0.25, 0.3) is 11.8 Å². The third-order valence-electron chi connectivity index (χ3n) is 2.79. The van der Waals surface area contributed by atoms with Gasteiger partial charge in [-0.05, 0) is 17.7 Å². The highest BCUT2D eigenvalue weighted by Crippen LogP contribution is 2.09. The van der Waals surface area contributed by atoms with Crippen molar-refractivity contribution in [3.8, 4) is 12.3 Å². The van der Waals surface area contributed by atoms with Crippen LogP contribution in [0.25, 0.3) is 0 Å². The molecular formula is C15H11FN4O2. The summed E-state index contributed by atoms with van der Waals surface area (Å²) in [4.78, 5) is 30.4. The Bertz CT molecular complexity index is 783. The maximum atomic E-state index is 13.3. The third kappa shape index (κ3) is 3.43. The van der Waals surface area contributed by atoms with Crippen LogP contribution in [0.1, 0.15) is 32.1 Å². The van der Waals surface area contributed by atoms with Crippen LogP contribution in [0.5, 0.6) is 0 Å². The molecule has 0 saturated carbocycles. The summed E-state index contributed by atoms with van der Waals surface area (Å²) in [5, 5.41) is 2.58. The van der Waals surface area contributed by atoms with E-state index in [0.29, 0.717) is 5.56 Å². The Kier molecular flexibility index (Phi) is 4.44. The van der Waals surface area contributed by atoms with Gasteiger partial charge < -0.3 is 11.1 Å². The molecule has 22 heavy (non-hydrogen) atoms. The van der Waals surface area contributed by atoms with Crippen molar-refractivity contribution in [3.63, 3.8) is 0 Å². The number of aromatic nitrogens is 2. The minimum absolute atomic E-state index is 0.00286. The monoisotopic (exact) mass is 298 g/mol. The molecule has 0 aliphatic rings. The Morgan fingerprint density at radius 3 is 2.68 bits per heavy atom. The predicted octanol–water partition coefficient (Wildman–Crippen LogP) is 0.626. The molecule has 3 N–H and O–H groups in total. The van der Waals surface area contributed by atoms with Gasteiger partial charge in [0, 0.05) is 12.6 Å². The topological polar surface area (TPSA) is 98.0 Å². The van der Waals surface area contributed by atoms with Crippen molar-refractivity contribution in [2.75, 3.05) is 0 Å². The smallest absolute Gasteiger partial charge is 0.270 e. The number of benzene rings is 1. The number of halogens is 1. The Balaban J connectivity index is 2.09. The van der Waals surface area contributed by atoms with Gasteiger partial charge in [-0.2, -0.15) is 0 Å². The van der Waals surface area contributed by atoms with E-state index in [4.69, 9.17) is 12.2 Å². The molecular weight excluding hydrogens is 287 g/mol. The molecule has 2 rings (SSSR count). The van der Waals surface area contributed by atoms with Crippen molar-refractivity contribution in [3.05, 3.63) is 58.9 Å². The summed E-state index contributed by atoms with van der Waals surface area (Å²) in [5.41, 5.74) is 5.77. The highest BCUT2D eigenvalue weighted by molar-refractivity contribution is 5.96.